The highest BCUT2D eigenvalue weighted by molar-refractivity contribution is 8.00. The fourth-order valence-corrected chi connectivity index (χ4v) is 2.93. The van der Waals surface area contributed by atoms with E-state index in [1.807, 2.05) is 0 Å². The van der Waals surface area contributed by atoms with Gasteiger partial charge in [-0.15, -0.1) is 24.2 Å². The molecule has 0 aromatic heterocycles. The summed E-state index contributed by atoms with van der Waals surface area (Å²) in [6, 6.07) is 1.43. The van der Waals surface area contributed by atoms with E-state index in [1.54, 1.807) is 5.43 Å². The maximum Gasteiger partial charge on any atom is 0.251 e. The number of nitrogens with one attached hydrogen (secondary N) is 1. The number of aliphatic imine (C=N–C) groups is 1. The van der Waals surface area contributed by atoms with Crippen LogP contribution in [-0.4, -0.2) is 52.1 Å². The van der Waals surface area contributed by atoms with E-state index in [2.05, 4.69) is 11.1 Å². The Hall–Kier alpha value is -1.77. The van der Waals surface area contributed by atoms with Gasteiger partial charge >= 0.3 is 0 Å². The van der Waals surface area contributed by atoms with Crippen molar-refractivity contribution in [2.24, 2.45) is 16.5 Å². The van der Waals surface area contributed by atoms with Crippen LogP contribution in [0.5, 0.6) is 0 Å². The van der Waals surface area contributed by atoms with E-state index in [-0.39, 0.29) is 24.3 Å². The van der Waals surface area contributed by atoms with E-state index >= 15 is 0 Å². The zero-order chi connectivity index (χ0) is 16.5. The zero-order valence-corrected chi connectivity index (χ0v) is 14.0. The molecule has 1 fully saturated rings. The van der Waals surface area contributed by atoms with Crippen LogP contribution in [0.15, 0.2) is 4.99 Å². The summed E-state index contributed by atoms with van der Waals surface area (Å²) >= 11 is 1.43. The van der Waals surface area contributed by atoms with Gasteiger partial charge in [-0.1, -0.05) is 5.43 Å². The summed E-state index contributed by atoms with van der Waals surface area (Å²) in [7, 11) is 0. The van der Waals surface area contributed by atoms with E-state index in [1.165, 1.54) is 16.7 Å². The van der Waals surface area contributed by atoms with E-state index in [9.17, 15) is 14.9 Å². The Kier molecular flexibility index (Phi) is 10.0. The first-order valence-corrected chi connectivity index (χ1v) is 7.79. The summed E-state index contributed by atoms with van der Waals surface area (Å²) in [5.41, 5.74) is 12.8. The molecular formula is C11H20ClN7O3S. The first-order valence-electron chi connectivity index (χ1n) is 6.74. The number of hydrogen-bond donors (Lipinski definition) is 3. The first-order chi connectivity index (χ1) is 10.5. The summed E-state index contributed by atoms with van der Waals surface area (Å²) in [6.45, 7) is 0.858. The molecule has 130 valence electrons. The monoisotopic (exact) mass is 365 g/mol. The number of carbonyl (C=O) groups is 1. The Morgan fingerprint density at radius 1 is 1.61 bits per heavy atom. The molecule has 5 N–H and O–H groups in total. The molecule has 0 spiro atoms. The van der Waals surface area contributed by atoms with Crippen LogP contribution >= 0.6 is 24.2 Å². The molecule has 1 saturated heterocycles. The topological polar surface area (TPSA) is 164 Å². The third-order valence-corrected chi connectivity index (χ3v) is 4.11. The Morgan fingerprint density at radius 2 is 2.30 bits per heavy atom. The molecule has 10 nitrogen and oxygen atoms in total. The van der Waals surface area contributed by atoms with Gasteiger partial charge in [0.25, 0.3) is 5.96 Å². The van der Waals surface area contributed by atoms with E-state index in [0.29, 0.717) is 32.4 Å². The van der Waals surface area contributed by atoms with E-state index < -0.39 is 16.4 Å². The molecule has 1 heterocycles. The van der Waals surface area contributed by atoms with Gasteiger partial charge in [-0.05, 0) is 19.3 Å². The average Bonchev–Trinajstić information content (AvgIpc) is 2.93. The number of amides is 1. The van der Waals surface area contributed by atoms with Crippen LogP contribution in [0.2, 0.25) is 0 Å². The number of hydrazine groups is 1. The highest BCUT2D eigenvalue weighted by atomic mass is 35.5. The van der Waals surface area contributed by atoms with Crippen LogP contribution < -0.4 is 16.9 Å². The Balaban J connectivity index is 0.00000484. The van der Waals surface area contributed by atoms with Crippen molar-refractivity contribution in [1.82, 2.24) is 10.3 Å². The quantitative estimate of drug-likeness (QED) is 0.177. The minimum absolute atomic E-state index is 0. The maximum absolute atomic E-state index is 12.1. The number of guanidine groups is 1. The van der Waals surface area contributed by atoms with Gasteiger partial charge in [-0.25, -0.2) is 15.1 Å². The number of halogens is 1. The first kappa shape index (κ1) is 21.2. The molecule has 0 aromatic carbocycles. The SMILES string of the molecule is Cl.N#C[C@@H]1SCCN1C(=O)[C@@H](N)CCCCN=C(N)N[N+](=O)[O-]. The second kappa shape index (κ2) is 10.9. The predicted molar refractivity (Wildman–Crippen MR) is 89.3 cm³/mol. The second-order valence-corrected chi connectivity index (χ2v) is 5.81. The zero-order valence-electron chi connectivity index (χ0n) is 12.4. The molecule has 0 aromatic rings. The lowest BCUT2D eigenvalue weighted by atomic mass is 10.1. The fourth-order valence-electron chi connectivity index (χ4n) is 1.94. The molecule has 1 amide bonds. The van der Waals surface area contributed by atoms with Crippen molar-refractivity contribution in [3.8, 4) is 6.07 Å². The Bertz CT molecular complexity index is 485. The molecule has 23 heavy (non-hydrogen) atoms. The number of nitro groups is 1. The lowest BCUT2D eigenvalue weighted by molar-refractivity contribution is -0.525. The molecule has 12 heteroatoms. The second-order valence-electron chi connectivity index (χ2n) is 4.62. The molecule has 1 aliphatic rings. The van der Waals surface area contributed by atoms with Crippen LogP contribution in [0, 0.1) is 21.4 Å². The molecule has 0 bridgehead atoms. The number of nitriles is 1. The highest BCUT2D eigenvalue weighted by Gasteiger charge is 2.31. The van der Waals surface area contributed by atoms with Crippen LogP contribution in [-0.2, 0) is 4.79 Å². The van der Waals surface area contributed by atoms with E-state index in [4.69, 9.17) is 16.7 Å². The third-order valence-electron chi connectivity index (χ3n) is 3.01. The van der Waals surface area contributed by atoms with Crippen molar-refractivity contribution in [3.63, 3.8) is 0 Å². The number of thioether (sulfide) groups is 1. The van der Waals surface area contributed by atoms with Crippen molar-refractivity contribution in [1.29, 1.82) is 5.26 Å². The number of nitrogens with zero attached hydrogens (tertiary/aromatic N) is 4. The summed E-state index contributed by atoms with van der Waals surface area (Å²) in [5, 5.41) is 17.8. The predicted octanol–water partition coefficient (Wildman–Crippen LogP) is -0.573. The smallest absolute Gasteiger partial charge is 0.251 e. The third kappa shape index (κ3) is 7.36. The molecule has 0 saturated carbocycles. The molecular weight excluding hydrogens is 346 g/mol. The molecule has 0 radical (unpaired) electrons. The van der Waals surface area contributed by atoms with Crippen molar-refractivity contribution in [2.75, 3.05) is 18.8 Å². The standard InChI is InChI=1S/C11H19N7O3S.ClH/c12-7-9-17(5-6-22-9)10(19)8(13)3-1-2-4-15-11(14)16-18(20)21;/h8-9H,1-6,13H2,(H3,14,15,16);1H/t8-,9-;/m0./s1. The summed E-state index contributed by atoms with van der Waals surface area (Å²) in [5.74, 6) is 0.277. The molecule has 0 unspecified atom stereocenters. The van der Waals surface area contributed by atoms with Crippen molar-refractivity contribution >= 4 is 36.0 Å². The minimum atomic E-state index is -0.785. The van der Waals surface area contributed by atoms with Crippen molar-refractivity contribution in [2.45, 2.75) is 30.7 Å². The summed E-state index contributed by atoms with van der Waals surface area (Å²) < 4.78 is 0. The molecule has 1 aliphatic heterocycles. The number of carbonyl (C=O) groups excluding carboxylic acids is 1. The van der Waals surface area contributed by atoms with Gasteiger partial charge in [0.15, 0.2) is 10.4 Å². The Labute approximate surface area is 144 Å². The van der Waals surface area contributed by atoms with Crippen LogP contribution in [0.4, 0.5) is 0 Å². The number of nitrogens with two attached hydrogens (primary N) is 2. The van der Waals surface area contributed by atoms with Crippen molar-refractivity contribution in [3.05, 3.63) is 10.1 Å². The van der Waals surface area contributed by atoms with Gasteiger partial charge < -0.3 is 16.4 Å². The molecule has 2 atom stereocenters. The molecule has 1 rings (SSSR count). The fraction of sp³-hybridized carbons (Fsp3) is 0.727. The van der Waals surface area contributed by atoms with Crippen LogP contribution in [0.1, 0.15) is 19.3 Å². The van der Waals surface area contributed by atoms with Gasteiger partial charge in [0.05, 0.1) is 12.1 Å². The highest BCUT2D eigenvalue weighted by Crippen LogP contribution is 2.23. The lowest BCUT2D eigenvalue weighted by Gasteiger charge is -2.22. The van der Waals surface area contributed by atoms with Gasteiger partial charge in [-0.3, -0.25) is 4.79 Å². The lowest BCUT2D eigenvalue weighted by Crippen LogP contribution is -2.45. The maximum atomic E-state index is 12.1. The van der Waals surface area contributed by atoms with Crippen LogP contribution in [0.3, 0.4) is 0 Å². The van der Waals surface area contributed by atoms with Crippen LogP contribution in [0.25, 0.3) is 0 Å². The van der Waals surface area contributed by atoms with Gasteiger partial charge in [0.2, 0.25) is 5.91 Å². The number of unbranched alkanes of at least 4 members (excludes halogenated alkanes) is 1. The van der Waals surface area contributed by atoms with Crippen molar-refractivity contribution < 1.29 is 9.83 Å². The molecule has 0 aliphatic carbocycles. The van der Waals surface area contributed by atoms with Gasteiger partial charge in [0, 0.05) is 18.8 Å². The normalized spacial score (nSPS) is 18.7. The number of rotatable bonds is 7. The van der Waals surface area contributed by atoms with Gasteiger partial charge in [-0.2, -0.15) is 5.26 Å². The van der Waals surface area contributed by atoms with E-state index in [0.717, 1.165) is 5.75 Å². The summed E-state index contributed by atoms with van der Waals surface area (Å²) in [6.07, 6.45) is 1.72. The average molecular weight is 366 g/mol. The Morgan fingerprint density at radius 3 is 2.91 bits per heavy atom. The minimum Gasteiger partial charge on any atom is -0.365 e. The van der Waals surface area contributed by atoms with Gasteiger partial charge in [0.1, 0.15) is 0 Å². The number of hydrogen-bond acceptors (Lipinski definition) is 7. The largest absolute Gasteiger partial charge is 0.365 e. The summed E-state index contributed by atoms with van der Waals surface area (Å²) in [4.78, 5) is 27.5.